The first kappa shape index (κ1) is 15.8. The lowest BCUT2D eigenvalue weighted by Crippen LogP contribution is -2.28. The van der Waals surface area contributed by atoms with Crippen LogP contribution in [0.5, 0.6) is 0 Å². The first-order valence-electron chi connectivity index (χ1n) is 6.49. The van der Waals surface area contributed by atoms with Gasteiger partial charge in [0.1, 0.15) is 6.61 Å². The number of hydrogen-bond donors (Lipinski definition) is 1. The minimum absolute atomic E-state index is 0.382. The lowest BCUT2D eigenvalue weighted by atomic mass is 10.2. The molecular formula is C14H21ClN2O2. The molecule has 19 heavy (non-hydrogen) atoms. The molecule has 0 saturated heterocycles. The molecule has 1 rings (SSSR count). The molecule has 0 aliphatic heterocycles. The monoisotopic (exact) mass is 284 g/mol. The molecule has 4 nitrogen and oxygen atoms in total. The fourth-order valence-electron chi connectivity index (χ4n) is 1.68. The van der Waals surface area contributed by atoms with Crippen molar-refractivity contribution in [1.29, 1.82) is 0 Å². The highest BCUT2D eigenvalue weighted by atomic mass is 35.5. The van der Waals surface area contributed by atoms with Gasteiger partial charge in [-0.25, -0.2) is 4.79 Å². The van der Waals surface area contributed by atoms with Crippen molar-refractivity contribution in [3.63, 3.8) is 0 Å². The van der Waals surface area contributed by atoms with Crippen LogP contribution in [0.1, 0.15) is 19.4 Å². The Morgan fingerprint density at radius 1 is 1.37 bits per heavy atom. The van der Waals surface area contributed by atoms with Crippen LogP contribution < -0.4 is 5.32 Å². The number of likely N-dealkylation sites (N-methyl/N-ethyl adjacent to an activating group) is 1. The van der Waals surface area contributed by atoms with Crippen LogP contribution in [0.15, 0.2) is 18.2 Å². The summed E-state index contributed by atoms with van der Waals surface area (Å²) in [7, 11) is 0. The molecule has 0 atom stereocenters. The average molecular weight is 285 g/mol. The van der Waals surface area contributed by atoms with Crippen LogP contribution in [0.25, 0.3) is 0 Å². The molecule has 0 aromatic heterocycles. The van der Waals surface area contributed by atoms with Crippen LogP contribution in [-0.2, 0) is 4.74 Å². The number of benzene rings is 1. The maximum Gasteiger partial charge on any atom is 0.411 e. The number of rotatable bonds is 6. The number of carbonyl (C=O) groups excluding carboxylic acids is 1. The van der Waals surface area contributed by atoms with Crippen LogP contribution in [0.2, 0.25) is 5.02 Å². The Balaban J connectivity index is 2.41. The second-order valence-corrected chi connectivity index (χ2v) is 4.68. The molecule has 0 saturated carbocycles. The first-order chi connectivity index (χ1) is 9.06. The second kappa shape index (κ2) is 8.02. The minimum Gasteiger partial charge on any atom is -0.448 e. The van der Waals surface area contributed by atoms with E-state index >= 15 is 0 Å². The first-order valence-corrected chi connectivity index (χ1v) is 6.86. The summed E-state index contributed by atoms with van der Waals surface area (Å²) in [5, 5.41) is 3.28. The molecule has 0 unspecified atom stereocenters. The summed E-state index contributed by atoms with van der Waals surface area (Å²) in [5.74, 6) is 0. The topological polar surface area (TPSA) is 41.6 Å². The van der Waals surface area contributed by atoms with Crippen LogP contribution in [-0.4, -0.2) is 37.2 Å². The molecule has 1 amide bonds. The highest BCUT2D eigenvalue weighted by Crippen LogP contribution is 2.20. The lowest BCUT2D eigenvalue weighted by molar-refractivity contribution is 0.142. The highest BCUT2D eigenvalue weighted by Gasteiger charge is 2.07. The van der Waals surface area contributed by atoms with Crippen molar-refractivity contribution in [3.05, 3.63) is 28.8 Å². The van der Waals surface area contributed by atoms with Crippen molar-refractivity contribution in [3.8, 4) is 0 Å². The number of ether oxygens (including phenoxy) is 1. The predicted octanol–water partition coefficient (Wildman–Crippen LogP) is 3.54. The van der Waals surface area contributed by atoms with E-state index in [0.717, 1.165) is 25.2 Å². The van der Waals surface area contributed by atoms with E-state index in [2.05, 4.69) is 24.1 Å². The molecule has 1 aromatic carbocycles. The Morgan fingerprint density at radius 2 is 2.05 bits per heavy atom. The van der Waals surface area contributed by atoms with Gasteiger partial charge in [0.15, 0.2) is 0 Å². The van der Waals surface area contributed by atoms with Crippen LogP contribution in [0.3, 0.4) is 0 Å². The van der Waals surface area contributed by atoms with E-state index in [4.69, 9.17) is 16.3 Å². The quantitative estimate of drug-likeness (QED) is 0.869. The molecule has 0 radical (unpaired) electrons. The lowest BCUT2D eigenvalue weighted by Gasteiger charge is -2.17. The predicted molar refractivity (Wildman–Crippen MR) is 78.9 cm³/mol. The smallest absolute Gasteiger partial charge is 0.411 e. The third-order valence-electron chi connectivity index (χ3n) is 2.97. The maximum absolute atomic E-state index is 11.6. The zero-order chi connectivity index (χ0) is 14.3. The average Bonchev–Trinajstić information content (AvgIpc) is 2.39. The summed E-state index contributed by atoms with van der Waals surface area (Å²) in [6.45, 7) is 9.10. The van der Waals surface area contributed by atoms with Gasteiger partial charge < -0.3 is 9.64 Å². The van der Waals surface area contributed by atoms with Gasteiger partial charge in [0, 0.05) is 17.3 Å². The molecule has 0 spiro atoms. The van der Waals surface area contributed by atoms with Crippen molar-refractivity contribution < 1.29 is 9.53 Å². The van der Waals surface area contributed by atoms with Gasteiger partial charge in [-0.3, -0.25) is 5.32 Å². The van der Waals surface area contributed by atoms with Crippen molar-refractivity contribution in [2.24, 2.45) is 0 Å². The number of nitrogens with zero attached hydrogens (tertiary/aromatic N) is 1. The molecule has 0 aliphatic rings. The van der Waals surface area contributed by atoms with Gasteiger partial charge in [-0.2, -0.15) is 0 Å². The largest absolute Gasteiger partial charge is 0.448 e. The van der Waals surface area contributed by atoms with Gasteiger partial charge in [-0.1, -0.05) is 31.5 Å². The summed E-state index contributed by atoms with van der Waals surface area (Å²) >= 11 is 5.88. The van der Waals surface area contributed by atoms with E-state index in [1.54, 1.807) is 12.1 Å². The molecule has 1 N–H and O–H groups in total. The number of carbonyl (C=O) groups is 1. The Bertz CT molecular complexity index is 420. The molecule has 0 bridgehead atoms. The second-order valence-electron chi connectivity index (χ2n) is 4.25. The fourth-order valence-corrected chi connectivity index (χ4v) is 1.85. The van der Waals surface area contributed by atoms with E-state index in [1.165, 1.54) is 0 Å². The normalized spacial score (nSPS) is 10.6. The summed E-state index contributed by atoms with van der Waals surface area (Å²) in [6.07, 6.45) is -0.447. The third-order valence-corrected chi connectivity index (χ3v) is 3.21. The van der Waals surface area contributed by atoms with Gasteiger partial charge in [0.05, 0.1) is 0 Å². The number of halogens is 1. The Kier molecular flexibility index (Phi) is 6.67. The van der Waals surface area contributed by atoms with Crippen LogP contribution in [0.4, 0.5) is 10.5 Å². The molecule has 0 aliphatic carbocycles. The van der Waals surface area contributed by atoms with Crippen molar-refractivity contribution >= 4 is 23.4 Å². The number of anilines is 1. The van der Waals surface area contributed by atoms with Gasteiger partial charge in [-0.15, -0.1) is 0 Å². The van der Waals surface area contributed by atoms with Gasteiger partial charge in [0.2, 0.25) is 0 Å². The van der Waals surface area contributed by atoms with Crippen LogP contribution in [0, 0.1) is 6.92 Å². The highest BCUT2D eigenvalue weighted by molar-refractivity contribution is 6.30. The molecule has 0 heterocycles. The Hall–Kier alpha value is -1.26. The van der Waals surface area contributed by atoms with Gasteiger partial charge >= 0.3 is 6.09 Å². The Labute approximate surface area is 119 Å². The summed E-state index contributed by atoms with van der Waals surface area (Å²) in [5.41, 5.74) is 1.63. The molecule has 0 fully saturated rings. The number of nitrogens with one attached hydrogen (secondary N) is 1. The van der Waals surface area contributed by atoms with E-state index in [0.29, 0.717) is 17.3 Å². The van der Waals surface area contributed by atoms with E-state index < -0.39 is 6.09 Å². The molecule has 106 valence electrons. The molecule has 5 heteroatoms. The zero-order valence-electron chi connectivity index (χ0n) is 11.7. The van der Waals surface area contributed by atoms with Crippen LogP contribution >= 0.6 is 11.6 Å². The standard InChI is InChI=1S/C14H21ClN2O2/c1-4-17(5-2)8-9-19-14(18)16-13-10-12(15)7-6-11(13)3/h6-7,10H,4-5,8-9H2,1-3H3,(H,16,18). The van der Waals surface area contributed by atoms with Gasteiger partial charge in [-0.05, 0) is 37.7 Å². The number of hydrogen-bond acceptors (Lipinski definition) is 3. The molecular weight excluding hydrogens is 264 g/mol. The van der Waals surface area contributed by atoms with Crippen molar-refractivity contribution in [2.75, 3.05) is 31.6 Å². The zero-order valence-corrected chi connectivity index (χ0v) is 12.5. The van der Waals surface area contributed by atoms with Gasteiger partial charge in [0.25, 0.3) is 0 Å². The minimum atomic E-state index is -0.447. The SMILES string of the molecule is CCN(CC)CCOC(=O)Nc1cc(Cl)ccc1C. The third kappa shape index (κ3) is 5.49. The van der Waals surface area contributed by atoms with Crippen molar-refractivity contribution in [2.45, 2.75) is 20.8 Å². The van der Waals surface area contributed by atoms with E-state index in [1.807, 2.05) is 13.0 Å². The van der Waals surface area contributed by atoms with Crippen molar-refractivity contribution in [1.82, 2.24) is 4.90 Å². The molecule has 1 aromatic rings. The fraction of sp³-hybridized carbons (Fsp3) is 0.500. The maximum atomic E-state index is 11.6. The summed E-state index contributed by atoms with van der Waals surface area (Å²) in [6, 6.07) is 5.35. The number of aryl methyl sites for hydroxylation is 1. The summed E-state index contributed by atoms with van der Waals surface area (Å²) < 4.78 is 5.14. The number of amides is 1. The van der Waals surface area contributed by atoms with E-state index in [-0.39, 0.29) is 0 Å². The van der Waals surface area contributed by atoms with E-state index in [9.17, 15) is 4.79 Å². The summed E-state index contributed by atoms with van der Waals surface area (Å²) in [4.78, 5) is 13.8. The Morgan fingerprint density at radius 3 is 2.68 bits per heavy atom.